The Balaban J connectivity index is 1.95. The molecule has 1 saturated heterocycles. The molecule has 0 amide bonds. The second kappa shape index (κ2) is 4.92. The molecule has 2 aliphatic rings. The van der Waals surface area contributed by atoms with Gasteiger partial charge in [-0.25, -0.2) is 4.99 Å². The molecular formula is C17H14Cl2N2S. The smallest absolute Gasteiger partial charge is 0.219 e. The van der Waals surface area contributed by atoms with E-state index in [4.69, 9.17) is 28.2 Å². The lowest BCUT2D eigenvalue weighted by molar-refractivity contribution is 0.723. The first-order valence-corrected chi connectivity index (χ1v) is 9.03. The van der Waals surface area contributed by atoms with Crippen molar-refractivity contribution in [2.75, 3.05) is 11.2 Å². The van der Waals surface area contributed by atoms with Crippen molar-refractivity contribution >= 4 is 51.4 Å². The fourth-order valence-corrected chi connectivity index (χ4v) is 4.72. The summed E-state index contributed by atoms with van der Waals surface area (Å²) in [4.78, 5) is 6.88. The number of hydrogen-bond donors (Lipinski definition) is 0. The molecule has 2 aliphatic heterocycles. The number of nitrogens with zero attached hydrogens (tertiary/aromatic N) is 2. The predicted molar refractivity (Wildman–Crippen MR) is 96.7 cm³/mol. The number of benzene rings is 2. The molecule has 4 rings (SSSR count). The van der Waals surface area contributed by atoms with Crippen LogP contribution in [-0.4, -0.2) is 15.8 Å². The van der Waals surface area contributed by atoms with Gasteiger partial charge in [0.25, 0.3) is 0 Å². The summed E-state index contributed by atoms with van der Waals surface area (Å²) >= 11 is 15.2. The van der Waals surface area contributed by atoms with Gasteiger partial charge in [-0.15, -0.1) is 11.8 Å². The van der Waals surface area contributed by atoms with Crippen molar-refractivity contribution in [2.24, 2.45) is 4.99 Å². The molecule has 0 spiro atoms. The number of fused-ring (bicyclic) bond motifs is 3. The van der Waals surface area contributed by atoms with Crippen LogP contribution >= 0.6 is 35.0 Å². The number of anilines is 1. The van der Waals surface area contributed by atoms with Gasteiger partial charge < -0.3 is 4.90 Å². The Morgan fingerprint density at radius 3 is 2.45 bits per heavy atom. The van der Waals surface area contributed by atoms with E-state index in [1.165, 1.54) is 0 Å². The minimum atomic E-state index is -0.957. The number of hydrogen-bond acceptors (Lipinski definition) is 3. The van der Waals surface area contributed by atoms with E-state index in [9.17, 15) is 0 Å². The Kier molecular flexibility index (Phi) is 3.23. The Labute approximate surface area is 144 Å². The van der Waals surface area contributed by atoms with Gasteiger partial charge in [-0.2, -0.15) is 0 Å². The minimum absolute atomic E-state index is 0.453. The highest BCUT2D eigenvalue weighted by Gasteiger charge is 2.76. The van der Waals surface area contributed by atoms with E-state index < -0.39 is 10.00 Å². The molecular weight excluding hydrogens is 335 g/mol. The Hall–Kier alpha value is -1.16. The topological polar surface area (TPSA) is 15.4 Å². The molecule has 0 unspecified atom stereocenters. The zero-order valence-corrected chi connectivity index (χ0v) is 14.3. The maximum Gasteiger partial charge on any atom is 0.219 e. The zero-order chi connectivity index (χ0) is 15.4. The highest BCUT2D eigenvalue weighted by molar-refractivity contribution is 8.13. The van der Waals surface area contributed by atoms with Crippen molar-refractivity contribution in [1.29, 1.82) is 0 Å². The highest BCUT2D eigenvalue weighted by atomic mass is 35.5. The van der Waals surface area contributed by atoms with Crippen molar-refractivity contribution in [1.82, 2.24) is 0 Å². The minimum Gasteiger partial charge on any atom is -0.321 e. The van der Waals surface area contributed by atoms with Crippen LogP contribution in [0.1, 0.15) is 12.0 Å². The van der Waals surface area contributed by atoms with Gasteiger partial charge in [0.2, 0.25) is 4.46 Å². The summed E-state index contributed by atoms with van der Waals surface area (Å²) in [6, 6.07) is 18.3. The second-order valence-electron chi connectivity index (χ2n) is 5.48. The second-order valence-corrected chi connectivity index (χ2v) is 7.65. The molecule has 22 heavy (non-hydrogen) atoms. The fraction of sp³-hybridized carbons (Fsp3) is 0.235. The average molecular weight is 349 g/mol. The van der Waals surface area contributed by atoms with E-state index in [2.05, 4.69) is 17.0 Å². The molecule has 0 saturated carbocycles. The van der Waals surface area contributed by atoms with E-state index in [0.29, 0.717) is 6.42 Å². The third-order valence-electron chi connectivity index (χ3n) is 4.37. The quantitative estimate of drug-likeness (QED) is 0.393. The lowest BCUT2D eigenvalue weighted by Gasteiger charge is -2.16. The van der Waals surface area contributed by atoms with Crippen LogP contribution in [0.3, 0.4) is 0 Å². The average Bonchev–Trinajstić information content (AvgIpc) is 3.10. The summed E-state index contributed by atoms with van der Waals surface area (Å²) < 4.78 is -0.957. The Morgan fingerprint density at radius 2 is 1.73 bits per heavy atom. The van der Waals surface area contributed by atoms with Crippen molar-refractivity contribution in [3.05, 3.63) is 60.2 Å². The third kappa shape index (κ3) is 1.79. The summed E-state index contributed by atoms with van der Waals surface area (Å²) in [5.74, 6) is 0. The molecule has 0 aromatic heterocycles. The number of thioether (sulfide) groups is 1. The molecule has 2 nitrogen and oxygen atoms in total. The van der Waals surface area contributed by atoms with Gasteiger partial charge in [0, 0.05) is 6.42 Å². The molecule has 5 heteroatoms. The summed E-state index contributed by atoms with van der Waals surface area (Å²) in [5.41, 5.74) is 2.58. The number of halogens is 2. The van der Waals surface area contributed by atoms with Gasteiger partial charge in [-0.3, -0.25) is 0 Å². The lowest BCUT2D eigenvalue weighted by Crippen LogP contribution is -2.20. The summed E-state index contributed by atoms with van der Waals surface area (Å²) in [5, 5.41) is 1.04. The first kappa shape index (κ1) is 14.4. The molecule has 112 valence electrons. The molecule has 2 heterocycles. The van der Waals surface area contributed by atoms with Crippen LogP contribution in [0.5, 0.6) is 0 Å². The molecule has 1 fully saturated rings. The van der Waals surface area contributed by atoms with E-state index >= 15 is 0 Å². The standard InChI is InChI=1S/C17H14Cl2N2S/c1-22-15-11-16(12-7-3-2-4-8-12)17(18,19)21(16)14-10-6-5-9-13(14)20-15/h2-10H,11H2,1H3/t16-,21?/m0/s1. The maximum atomic E-state index is 6.75. The van der Waals surface area contributed by atoms with Gasteiger partial charge in [0.15, 0.2) is 0 Å². The van der Waals surface area contributed by atoms with Crippen LogP contribution in [0.4, 0.5) is 11.4 Å². The Bertz CT molecular complexity index is 760. The van der Waals surface area contributed by atoms with Crippen LogP contribution < -0.4 is 4.90 Å². The molecule has 0 N–H and O–H groups in total. The normalized spacial score (nSPS) is 24.9. The zero-order valence-electron chi connectivity index (χ0n) is 12.0. The molecule has 2 aromatic rings. The first-order valence-electron chi connectivity index (χ1n) is 7.05. The number of rotatable bonds is 1. The first-order chi connectivity index (χ1) is 10.6. The van der Waals surface area contributed by atoms with Gasteiger partial charge in [0.05, 0.1) is 16.4 Å². The van der Waals surface area contributed by atoms with E-state index in [0.717, 1.165) is 22.0 Å². The van der Waals surface area contributed by atoms with Crippen LogP contribution in [-0.2, 0) is 5.54 Å². The van der Waals surface area contributed by atoms with Gasteiger partial charge in [-0.1, -0.05) is 65.7 Å². The van der Waals surface area contributed by atoms with E-state index in [1.54, 1.807) is 11.8 Å². The number of alkyl halides is 2. The summed E-state index contributed by atoms with van der Waals surface area (Å²) in [6.45, 7) is 0. The van der Waals surface area contributed by atoms with Crippen LogP contribution in [0, 0.1) is 0 Å². The fourth-order valence-electron chi connectivity index (χ4n) is 3.27. The van der Waals surface area contributed by atoms with Crippen molar-refractivity contribution in [3.8, 4) is 0 Å². The SMILES string of the molecule is CSC1=Nc2ccccc2N2C(Cl)(Cl)[C@@]2(c2ccccc2)C1. The number of para-hydroxylation sites is 2. The van der Waals surface area contributed by atoms with Crippen molar-refractivity contribution in [2.45, 2.75) is 16.4 Å². The number of aliphatic imine (C=N–C) groups is 1. The lowest BCUT2D eigenvalue weighted by atomic mass is 9.95. The summed E-state index contributed by atoms with van der Waals surface area (Å²) in [6.07, 6.45) is 2.75. The molecule has 0 aliphatic carbocycles. The predicted octanol–water partition coefficient (Wildman–Crippen LogP) is 5.33. The highest BCUT2D eigenvalue weighted by Crippen LogP contribution is 2.70. The van der Waals surface area contributed by atoms with Crippen molar-refractivity contribution in [3.63, 3.8) is 0 Å². The van der Waals surface area contributed by atoms with E-state index in [1.807, 2.05) is 48.7 Å². The van der Waals surface area contributed by atoms with Crippen LogP contribution in [0.15, 0.2) is 59.6 Å². The van der Waals surface area contributed by atoms with Gasteiger partial charge in [-0.05, 0) is 24.0 Å². The Morgan fingerprint density at radius 1 is 1.05 bits per heavy atom. The summed E-state index contributed by atoms with van der Waals surface area (Å²) in [7, 11) is 0. The maximum absolute atomic E-state index is 6.75. The third-order valence-corrected chi connectivity index (χ3v) is 6.04. The molecule has 2 aromatic carbocycles. The molecule has 0 bridgehead atoms. The molecule has 1 atom stereocenters. The van der Waals surface area contributed by atoms with Crippen molar-refractivity contribution < 1.29 is 0 Å². The molecule has 0 radical (unpaired) electrons. The van der Waals surface area contributed by atoms with Gasteiger partial charge in [0.1, 0.15) is 5.54 Å². The van der Waals surface area contributed by atoms with E-state index in [-0.39, 0.29) is 0 Å². The van der Waals surface area contributed by atoms with Crippen LogP contribution in [0.2, 0.25) is 0 Å². The monoisotopic (exact) mass is 348 g/mol. The largest absolute Gasteiger partial charge is 0.321 e. The van der Waals surface area contributed by atoms with Gasteiger partial charge >= 0.3 is 0 Å². The van der Waals surface area contributed by atoms with Crippen LogP contribution in [0.25, 0.3) is 0 Å².